The monoisotopic (exact) mass is 339 g/mol. The molecule has 1 aromatic carbocycles. The standard InChI is InChI=1S/C17H17N5OS/c1-11-2-7-14-15(8-11)24-17(20-14)21-16(23)12-3-5-13(6-4-12)22-10-18-9-19-22/h3-6,9-11H,2,7-8H2,1H3,(H,20,21,23). The zero-order valence-corrected chi connectivity index (χ0v) is 14.1. The van der Waals surface area contributed by atoms with Gasteiger partial charge in [0.05, 0.1) is 11.4 Å². The first-order chi connectivity index (χ1) is 11.7. The molecule has 6 nitrogen and oxygen atoms in total. The lowest BCUT2D eigenvalue weighted by Gasteiger charge is -2.15. The molecule has 1 amide bonds. The average molecular weight is 339 g/mol. The number of anilines is 1. The highest BCUT2D eigenvalue weighted by atomic mass is 32.1. The Morgan fingerprint density at radius 3 is 2.92 bits per heavy atom. The lowest BCUT2D eigenvalue weighted by Crippen LogP contribution is -2.12. The summed E-state index contributed by atoms with van der Waals surface area (Å²) in [7, 11) is 0. The number of benzene rings is 1. The number of nitrogens with one attached hydrogen (secondary N) is 1. The van der Waals surface area contributed by atoms with Crippen LogP contribution < -0.4 is 5.32 Å². The van der Waals surface area contributed by atoms with Crippen molar-refractivity contribution in [2.45, 2.75) is 26.2 Å². The molecule has 4 rings (SSSR count). The van der Waals surface area contributed by atoms with Gasteiger partial charge in [0.15, 0.2) is 5.13 Å². The number of rotatable bonds is 3. The number of hydrogen-bond acceptors (Lipinski definition) is 5. The Morgan fingerprint density at radius 1 is 1.33 bits per heavy atom. The molecule has 0 fully saturated rings. The molecule has 0 aliphatic heterocycles. The van der Waals surface area contributed by atoms with Gasteiger partial charge in [0.2, 0.25) is 0 Å². The van der Waals surface area contributed by atoms with E-state index in [-0.39, 0.29) is 5.91 Å². The van der Waals surface area contributed by atoms with Crippen LogP contribution in [0.25, 0.3) is 5.69 Å². The van der Waals surface area contributed by atoms with E-state index in [1.165, 1.54) is 17.6 Å². The van der Waals surface area contributed by atoms with Crippen LogP contribution in [0, 0.1) is 5.92 Å². The van der Waals surface area contributed by atoms with Crippen molar-refractivity contribution in [3.8, 4) is 5.69 Å². The third kappa shape index (κ3) is 2.94. The molecule has 0 saturated carbocycles. The van der Waals surface area contributed by atoms with Crippen LogP contribution in [0.3, 0.4) is 0 Å². The minimum Gasteiger partial charge on any atom is -0.298 e. The number of fused-ring (bicyclic) bond motifs is 1. The van der Waals surface area contributed by atoms with Crippen molar-refractivity contribution in [3.05, 3.63) is 53.1 Å². The van der Waals surface area contributed by atoms with Crippen molar-refractivity contribution in [1.82, 2.24) is 19.7 Å². The summed E-state index contributed by atoms with van der Waals surface area (Å²) >= 11 is 1.60. The van der Waals surface area contributed by atoms with Gasteiger partial charge in [-0.2, -0.15) is 5.10 Å². The third-order valence-corrected chi connectivity index (χ3v) is 5.25. The summed E-state index contributed by atoms with van der Waals surface area (Å²) in [6, 6.07) is 7.25. The lowest BCUT2D eigenvalue weighted by atomic mass is 9.93. The molecule has 1 aliphatic rings. The molecule has 0 radical (unpaired) electrons. The Kier molecular flexibility index (Phi) is 3.86. The molecule has 0 saturated heterocycles. The summed E-state index contributed by atoms with van der Waals surface area (Å²) in [4.78, 5) is 22.2. The molecular formula is C17H17N5OS. The number of nitrogens with zero attached hydrogens (tertiary/aromatic N) is 4. The number of amides is 1. The summed E-state index contributed by atoms with van der Waals surface area (Å²) in [6.45, 7) is 2.26. The highest BCUT2D eigenvalue weighted by Crippen LogP contribution is 2.32. The summed E-state index contributed by atoms with van der Waals surface area (Å²) in [5.74, 6) is 0.560. The van der Waals surface area contributed by atoms with Crippen LogP contribution in [0.15, 0.2) is 36.9 Å². The van der Waals surface area contributed by atoms with E-state index < -0.39 is 0 Å². The predicted molar refractivity (Wildman–Crippen MR) is 92.6 cm³/mol. The maximum atomic E-state index is 12.4. The molecule has 7 heteroatoms. The molecule has 1 aliphatic carbocycles. The second kappa shape index (κ2) is 6.16. The third-order valence-electron chi connectivity index (χ3n) is 4.22. The second-order valence-electron chi connectivity index (χ2n) is 6.08. The Bertz CT molecular complexity index is 854. The van der Waals surface area contributed by atoms with E-state index in [9.17, 15) is 4.79 Å². The summed E-state index contributed by atoms with van der Waals surface area (Å²) in [5, 5.41) is 7.68. The molecule has 24 heavy (non-hydrogen) atoms. The predicted octanol–water partition coefficient (Wildman–Crippen LogP) is 3.10. The first kappa shape index (κ1) is 15.0. The van der Waals surface area contributed by atoms with Crippen LogP contribution in [0.1, 0.15) is 34.3 Å². The molecule has 2 aromatic heterocycles. The molecule has 1 unspecified atom stereocenters. The van der Waals surface area contributed by atoms with Crippen molar-refractivity contribution in [3.63, 3.8) is 0 Å². The minimum absolute atomic E-state index is 0.140. The second-order valence-corrected chi connectivity index (χ2v) is 7.16. The zero-order valence-electron chi connectivity index (χ0n) is 13.3. The first-order valence-corrected chi connectivity index (χ1v) is 8.75. The maximum absolute atomic E-state index is 12.4. The van der Waals surface area contributed by atoms with Crippen LogP contribution >= 0.6 is 11.3 Å². The quantitative estimate of drug-likeness (QED) is 0.796. The van der Waals surface area contributed by atoms with E-state index in [0.29, 0.717) is 16.6 Å². The van der Waals surface area contributed by atoms with Crippen LogP contribution in [-0.2, 0) is 12.8 Å². The summed E-state index contributed by atoms with van der Waals surface area (Å²) in [6.07, 6.45) is 6.35. The van der Waals surface area contributed by atoms with Gasteiger partial charge in [-0.1, -0.05) is 6.92 Å². The highest BCUT2D eigenvalue weighted by Gasteiger charge is 2.20. The van der Waals surface area contributed by atoms with E-state index in [1.54, 1.807) is 34.5 Å². The fourth-order valence-electron chi connectivity index (χ4n) is 2.87. The molecule has 2 heterocycles. The van der Waals surface area contributed by atoms with Crippen molar-refractivity contribution < 1.29 is 4.79 Å². The summed E-state index contributed by atoms with van der Waals surface area (Å²) < 4.78 is 1.65. The van der Waals surface area contributed by atoms with Crippen molar-refractivity contribution in [2.24, 2.45) is 5.92 Å². The van der Waals surface area contributed by atoms with E-state index >= 15 is 0 Å². The van der Waals surface area contributed by atoms with Crippen molar-refractivity contribution in [1.29, 1.82) is 0 Å². The molecular weight excluding hydrogens is 322 g/mol. The van der Waals surface area contributed by atoms with E-state index in [1.807, 2.05) is 12.1 Å². The Labute approximate surface area is 143 Å². The number of hydrogen-bond donors (Lipinski definition) is 1. The van der Waals surface area contributed by atoms with Gasteiger partial charge in [0.1, 0.15) is 12.7 Å². The lowest BCUT2D eigenvalue weighted by molar-refractivity contribution is 0.102. The molecule has 3 aromatic rings. The Hall–Kier alpha value is -2.54. The minimum atomic E-state index is -0.140. The van der Waals surface area contributed by atoms with Gasteiger partial charge in [-0.15, -0.1) is 11.3 Å². The smallest absolute Gasteiger partial charge is 0.257 e. The first-order valence-electron chi connectivity index (χ1n) is 7.94. The van der Waals surface area contributed by atoms with Gasteiger partial charge in [0, 0.05) is 10.4 Å². The van der Waals surface area contributed by atoms with Gasteiger partial charge in [0.25, 0.3) is 5.91 Å². The number of carbonyl (C=O) groups is 1. The van der Waals surface area contributed by atoms with Crippen LogP contribution in [0.4, 0.5) is 5.13 Å². The van der Waals surface area contributed by atoms with Gasteiger partial charge in [-0.05, 0) is 49.4 Å². The molecule has 122 valence electrons. The normalized spacial score (nSPS) is 16.6. The van der Waals surface area contributed by atoms with Gasteiger partial charge in [-0.3, -0.25) is 10.1 Å². The number of thiazole rings is 1. The van der Waals surface area contributed by atoms with E-state index in [4.69, 9.17) is 0 Å². The van der Waals surface area contributed by atoms with Crippen LogP contribution in [0.2, 0.25) is 0 Å². The highest BCUT2D eigenvalue weighted by molar-refractivity contribution is 7.15. The molecule has 1 N–H and O–H groups in total. The van der Waals surface area contributed by atoms with E-state index in [2.05, 4.69) is 27.3 Å². The number of aromatic nitrogens is 4. The van der Waals surface area contributed by atoms with E-state index in [0.717, 1.165) is 24.2 Å². The zero-order chi connectivity index (χ0) is 16.5. The fourth-order valence-corrected chi connectivity index (χ4v) is 4.04. The molecule has 0 bridgehead atoms. The summed E-state index contributed by atoms with van der Waals surface area (Å²) in [5.41, 5.74) is 2.61. The largest absolute Gasteiger partial charge is 0.298 e. The topological polar surface area (TPSA) is 72.7 Å². The Morgan fingerprint density at radius 2 is 2.17 bits per heavy atom. The SMILES string of the molecule is CC1CCc2nc(NC(=O)c3ccc(-n4cncn4)cc3)sc2C1. The Balaban J connectivity index is 1.48. The van der Waals surface area contributed by atoms with Crippen molar-refractivity contribution >= 4 is 22.4 Å². The van der Waals surface area contributed by atoms with Crippen LogP contribution in [-0.4, -0.2) is 25.7 Å². The van der Waals surface area contributed by atoms with Gasteiger partial charge < -0.3 is 0 Å². The molecule has 0 spiro atoms. The average Bonchev–Trinajstić information content (AvgIpc) is 3.23. The maximum Gasteiger partial charge on any atom is 0.257 e. The number of aryl methyl sites for hydroxylation is 1. The molecule has 1 atom stereocenters. The van der Waals surface area contributed by atoms with Gasteiger partial charge >= 0.3 is 0 Å². The van der Waals surface area contributed by atoms with Crippen molar-refractivity contribution in [2.75, 3.05) is 5.32 Å². The van der Waals surface area contributed by atoms with Crippen LogP contribution in [0.5, 0.6) is 0 Å². The fraction of sp³-hybridized carbons (Fsp3) is 0.294. The number of carbonyl (C=O) groups excluding carboxylic acids is 1. The van der Waals surface area contributed by atoms with Gasteiger partial charge in [-0.25, -0.2) is 14.6 Å².